The molecule has 1 amide bonds. The lowest BCUT2D eigenvalue weighted by Crippen LogP contribution is -2.33. The van der Waals surface area contributed by atoms with E-state index in [9.17, 15) is 4.79 Å². The van der Waals surface area contributed by atoms with Crippen LogP contribution in [0.2, 0.25) is 0 Å². The van der Waals surface area contributed by atoms with Crippen LogP contribution in [0.1, 0.15) is 24.0 Å². The van der Waals surface area contributed by atoms with E-state index in [2.05, 4.69) is 40.2 Å². The van der Waals surface area contributed by atoms with Crippen LogP contribution in [0.4, 0.5) is 0 Å². The number of ether oxygens (including phenoxy) is 1. The normalized spacial score (nSPS) is 17.6. The van der Waals surface area contributed by atoms with Crippen molar-refractivity contribution in [2.75, 3.05) is 7.11 Å². The van der Waals surface area contributed by atoms with E-state index in [1.165, 1.54) is 5.56 Å². The van der Waals surface area contributed by atoms with Crippen LogP contribution >= 0.6 is 15.9 Å². The van der Waals surface area contributed by atoms with Gasteiger partial charge in [0.05, 0.1) is 7.11 Å². The number of nitrogens with zero attached hydrogens (tertiary/aromatic N) is 1. The average molecular weight is 374 g/mol. The van der Waals surface area contributed by atoms with Gasteiger partial charge in [-0.05, 0) is 48.2 Å². The maximum absolute atomic E-state index is 12.3. The van der Waals surface area contributed by atoms with Crippen LogP contribution in [0.15, 0.2) is 53.0 Å². The van der Waals surface area contributed by atoms with Crippen molar-refractivity contribution in [3.05, 3.63) is 64.1 Å². The lowest BCUT2D eigenvalue weighted by atomic mass is 10.0. The average Bonchev–Trinajstić information content (AvgIpc) is 2.91. The predicted octanol–water partition coefficient (Wildman–Crippen LogP) is 4.19. The second-order valence-corrected chi connectivity index (χ2v) is 6.81. The molecule has 3 nitrogen and oxygen atoms in total. The number of carbonyl (C=O) groups is 1. The van der Waals surface area contributed by atoms with Crippen LogP contribution in [0, 0.1) is 0 Å². The molecule has 0 N–H and O–H groups in total. The molecule has 2 aromatic rings. The topological polar surface area (TPSA) is 29.5 Å². The summed E-state index contributed by atoms with van der Waals surface area (Å²) in [6.07, 6.45) is 2.50. The summed E-state index contributed by atoms with van der Waals surface area (Å²) < 4.78 is 6.27. The van der Waals surface area contributed by atoms with Crippen LogP contribution in [-0.4, -0.2) is 24.0 Å². The van der Waals surface area contributed by atoms with E-state index in [0.717, 1.165) is 28.6 Å². The van der Waals surface area contributed by atoms with Crippen molar-refractivity contribution in [1.82, 2.24) is 4.90 Å². The molecule has 2 aromatic carbocycles. The van der Waals surface area contributed by atoms with Crippen molar-refractivity contribution >= 4 is 21.8 Å². The number of amides is 1. The summed E-state index contributed by atoms with van der Waals surface area (Å²) >= 11 is 3.46. The van der Waals surface area contributed by atoms with Crippen LogP contribution in [-0.2, 0) is 17.8 Å². The molecule has 1 atom stereocenters. The van der Waals surface area contributed by atoms with Gasteiger partial charge >= 0.3 is 0 Å². The maximum Gasteiger partial charge on any atom is 0.223 e. The quantitative estimate of drug-likeness (QED) is 0.786. The monoisotopic (exact) mass is 373 g/mol. The van der Waals surface area contributed by atoms with Crippen molar-refractivity contribution in [2.24, 2.45) is 0 Å². The van der Waals surface area contributed by atoms with E-state index in [-0.39, 0.29) is 11.9 Å². The van der Waals surface area contributed by atoms with Gasteiger partial charge in [0.2, 0.25) is 5.91 Å². The summed E-state index contributed by atoms with van der Waals surface area (Å²) in [6.45, 7) is 0.671. The van der Waals surface area contributed by atoms with Gasteiger partial charge in [0.15, 0.2) is 0 Å². The number of likely N-dealkylation sites (tertiary alicyclic amines) is 1. The first kappa shape index (κ1) is 16.1. The van der Waals surface area contributed by atoms with Gasteiger partial charge in [-0.25, -0.2) is 0 Å². The summed E-state index contributed by atoms with van der Waals surface area (Å²) in [5.74, 6) is 1.09. The van der Waals surface area contributed by atoms with Crippen LogP contribution < -0.4 is 4.74 Å². The number of hydrogen-bond acceptors (Lipinski definition) is 2. The Morgan fingerprint density at radius 1 is 1.09 bits per heavy atom. The molecule has 1 aliphatic heterocycles. The van der Waals surface area contributed by atoms with Crippen molar-refractivity contribution in [1.29, 1.82) is 0 Å². The third-order valence-electron chi connectivity index (χ3n) is 4.35. The standard InChI is InChI=1S/C19H20BrNO2/c1-23-18-9-4-15(5-10-18)13-21-17(8-11-19(21)22)12-14-2-6-16(20)7-3-14/h2-7,9-10,17H,8,11-13H2,1H3. The van der Waals surface area contributed by atoms with E-state index >= 15 is 0 Å². The molecule has 3 rings (SSSR count). The third-order valence-corrected chi connectivity index (χ3v) is 4.88. The van der Waals surface area contributed by atoms with Gasteiger partial charge in [-0.15, -0.1) is 0 Å². The third kappa shape index (κ3) is 3.94. The lowest BCUT2D eigenvalue weighted by molar-refractivity contribution is -0.129. The van der Waals surface area contributed by atoms with Crippen molar-refractivity contribution in [2.45, 2.75) is 31.8 Å². The van der Waals surface area contributed by atoms with Gasteiger partial charge in [0.25, 0.3) is 0 Å². The Bertz CT molecular complexity index is 667. The zero-order valence-electron chi connectivity index (χ0n) is 13.2. The zero-order valence-corrected chi connectivity index (χ0v) is 14.8. The molecule has 1 aliphatic rings. The fourth-order valence-corrected chi connectivity index (χ4v) is 3.31. The first-order valence-electron chi connectivity index (χ1n) is 7.82. The Morgan fingerprint density at radius 2 is 1.74 bits per heavy atom. The Balaban J connectivity index is 1.70. The first-order chi connectivity index (χ1) is 11.2. The highest BCUT2D eigenvalue weighted by Crippen LogP contribution is 2.25. The Labute approximate surface area is 145 Å². The molecular formula is C19H20BrNO2. The molecule has 23 heavy (non-hydrogen) atoms. The van der Waals surface area contributed by atoms with E-state index < -0.39 is 0 Å². The molecule has 1 heterocycles. The predicted molar refractivity (Wildman–Crippen MR) is 94.4 cm³/mol. The molecule has 1 unspecified atom stereocenters. The lowest BCUT2D eigenvalue weighted by Gasteiger charge is -2.25. The molecule has 0 spiro atoms. The van der Waals surface area contributed by atoms with E-state index in [4.69, 9.17) is 4.74 Å². The summed E-state index contributed by atoms with van der Waals surface area (Å²) in [7, 11) is 1.66. The highest BCUT2D eigenvalue weighted by molar-refractivity contribution is 9.10. The molecule has 4 heteroatoms. The van der Waals surface area contributed by atoms with Gasteiger partial charge in [-0.2, -0.15) is 0 Å². The molecule has 0 aliphatic carbocycles. The van der Waals surface area contributed by atoms with E-state index in [0.29, 0.717) is 13.0 Å². The minimum absolute atomic E-state index is 0.253. The summed E-state index contributed by atoms with van der Waals surface area (Å²) in [6, 6.07) is 16.6. The Hall–Kier alpha value is -1.81. The highest BCUT2D eigenvalue weighted by atomic mass is 79.9. The molecule has 0 saturated carbocycles. The number of carbonyl (C=O) groups excluding carboxylic acids is 1. The summed E-state index contributed by atoms with van der Waals surface area (Å²) in [4.78, 5) is 14.3. The Kier molecular flexibility index (Phi) is 5.01. The molecule has 0 radical (unpaired) electrons. The number of benzene rings is 2. The van der Waals surface area contributed by atoms with Crippen LogP contribution in [0.3, 0.4) is 0 Å². The Morgan fingerprint density at radius 3 is 2.39 bits per heavy atom. The van der Waals surface area contributed by atoms with Crippen molar-refractivity contribution in [3.8, 4) is 5.75 Å². The smallest absolute Gasteiger partial charge is 0.223 e. The molecule has 120 valence electrons. The minimum atomic E-state index is 0.253. The fourth-order valence-electron chi connectivity index (χ4n) is 3.04. The van der Waals surface area contributed by atoms with Crippen LogP contribution in [0.25, 0.3) is 0 Å². The summed E-state index contributed by atoms with van der Waals surface area (Å²) in [5, 5.41) is 0. The molecule has 1 saturated heterocycles. The number of hydrogen-bond donors (Lipinski definition) is 0. The number of halogens is 1. The fraction of sp³-hybridized carbons (Fsp3) is 0.316. The van der Waals surface area contributed by atoms with Gasteiger partial charge in [0, 0.05) is 23.5 Å². The zero-order chi connectivity index (χ0) is 16.2. The minimum Gasteiger partial charge on any atom is -0.497 e. The maximum atomic E-state index is 12.3. The van der Waals surface area contributed by atoms with Gasteiger partial charge < -0.3 is 9.64 Å². The number of rotatable bonds is 5. The summed E-state index contributed by atoms with van der Waals surface area (Å²) in [5.41, 5.74) is 2.41. The number of methoxy groups -OCH3 is 1. The second-order valence-electron chi connectivity index (χ2n) is 5.89. The van der Waals surface area contributed by atoms with Gasteiger partial charge in [-0.3, -0.25) is 4.79 Å². The SMILES string of the molecule is COc1ccc(CN2C(=O)CCC2Cc2ccc(Br)cc2)cc1. The largest absolute Gasteiger partial charge is 0.497 e. The molecule has 0 aromatic heterocycles. The van der Waals surface area contributed by atoms with Crippen molar-refractivity contribution in [3.63, 3.8) is 0 Å². The van der Waals surface area contributed by atoms with Gasteiger partial charge in [0.1, 0.15) is 5.75 Å². The van der Waals surface area contributed by atoms with Gasteiger partial charge in [-0.1, -0.05) is 40.2 Å². The van der Waals surface area contributed by atoms with Crippen molar-refractivity contribution < 1.29 is 9.53 Å². The molecular weight excluding hydrogens is 354 g/mol. The molecule has 1 fully saturated rings. The first-order valence-corrected chi connectivity index (χ1v) is 8.62. The highest BCUT2D eigenvalue weighted by Gasteiger charge is 2.30. The van der Waals surface area contributed by atoms with E-state index in [1.54, 1.807) is 7.11 Å². The van der Waals surface area contributed by atoms with E-state index in [1.807, 2.05) is 29.2 Å². The molecule has 0 bridgehead atoms. The second kappa shape index (κ2) is 7.18. The van der Waals surface area contributed by atoms with Crippen LogP contribution in [0.5, 0.6) is 5.75 Å².